The number of nitrogens with zero attached hydrogens (tertiary/aromatic N) is 1. The summed E-state index contributed by atoms with van der Waals surface area (Å²) in [5.74, 6) is 2.53. The lowest BCUT2D eigenvalue weighted by Gasteiger charge is -2.47. The van der Waals surface area contributed by atoms with Gasteiger partial charge in [-0.05, 0) is 76.7 Å². The molecular weight excluding hydrogens is 254 g/mol. The molecule has 0 radical (unpaired) electrons. The average molecular weight is 282 g/mol. The third-order valence-corrected chi connectivity index (χ3v) is 6.63. The highest BCUT2D eigenvalue weighted by atomic mass is 35.5. The van der Waals surface area contributed by atoms with Crippen LogP contribution in [0.2, 0.25) is 0 Å². The zero-order chi connectivity index (χ0) is 13.6. The van der Waals surface area contributed by atoms with E-state index in [1.807, 2.05) is 0 Å². The zero-order valence-corrected chi connectivity index (χ0v) is 13.2. The number of fused-ring (bicyclic) bond motifs is 2. The van der Waals surface area contributed by atoms with E-state index in [0.29, 0.717) is 5.38 Å². The van der Waals surface area contributed by atoms with Gasteiger partial charge in [-0.1, -0.05) is 12.2 Å². The molecule has 0 aromatic heterocycles. The van der Waals surface area contributed by atoms with Crippen LogP contribution in [-0.4, -0.2) is 29.4 Å². The van der Waals surface area contributed by atoms with E-state index in [1.54, 1.807) is 0 Å². The van der Waals surface area contributed by atoms with Gasteiger partial charge in [0.05, 0.1) is 0 Å². The molecule has 19 heavy (non-hydrogen) atoms. The molecule has 4 unspecified atom stereocenters. The van der Waals surface area contributed by atoms with Gasteiger partial charge in [-0.3, -0.25) is 4.90 Å². The Balaban J connectivity index is 1.78. The topological polar surface area (TPSA) is 3.24 Å². The summed E-state index contributed by atoms with van der Waals surface area (Å²) in [4.78, 5) is 2.66. The van der Waals surface area contributed by atoms with E-state index in [4.69, 9.17) is 11.6 Å². The molecule has 4 atom stereocenters. The van der Waals surface area contributed by atoms with Gasteiger partial charge in [-0.15, -0.1) is 11.6 Å². The Morgan fingerprint density at radius 1 is 1.11 bits per heavy atom. The Hall–Kier alpha value is -0.0100. The molecule has 108 valence electrons. The van der Waals surface area contributed by atoms with E-state index in [0.717, 1.165) is 29.8 Å². The second-order valence-electron chi connectivity index (χ2n) is 7.25. The number of hydrogen-bond donors (Lipinski definition) is 0. The molecule has 2 bridgehead atoms. The average Bonchev–Trinajstić information content (AvgIpc) is 2.63. The van der Waals surface area contributed by atoms with Gasteiger partial charge < -0.3 is 0 Å². The first kappa shape index (κ1) is 13.9. The van der Waals surface area contributed by atoms with Crippen LogP contribution in [0.5, 0.6) is 0 Å². The maximum Gasteiger partial charge on any atom is 0.0336 e. The van der Waals surface area contributed by atoms with Crippen molar-refractivity contribution in [3.63, 3.8) is 0 Å². The molecule has 2 saturated heterocycles. The fourth-order valence-electron chi connectivity index (χ4n) is 5.19. The van der Waals surface area contributed by atoms with Gasteiger partial charge in [-0.25, -0.2) is 0 Å². The summed E-state index contributed by atoms with van der Waals surface area (Å²) >= 11 is 6.29. The Bertz CT molecular complexity index is 345. The van der Waals surface area contributed by atoms with E-state index in [1.165, 1.54) is 50.5 Å². The van der Waals surface area contributed by atoms with Crippen molar-refractivity contribution in [3.8, 4) is 0 Å². The lowest BCUT2D eigenvalue weighted by atomic mass is 9.66. The molecule has 2 heteroatoms. The van der Waals surface area contributed by atoms with E-state index in [2.05, 4.69) is 25.5 Å². The van der Waals surface area contributed by atoms with Gasteiger partial charge in [-0.2, -0.15) is 0 Å². The lowest BCUT2D eigenvalue weighted by Crippen LogP contribution is -2.49. The van der Waals surface area contributed by atoms with Crippen LogP contribution in [-0.2, 0) is 0 Å². The highest BCUT2D eigenvalue weighted by molar-refractivity contribution is 6.20. The van der Waals surface area contributed by atoms with E-state index in [-0.39, 0.29) is 0 Å². The summed E-state index contributed by atoms with van der Waals surface area (Å²) in [5, 5.41) is 0.447. The number of alkyl halides is 1. The highest BCUT2D eigenvalue weighted by Crippen LogP contribution is 2.49. The maximum atomic E-state index is 6.29. The van der Waals surface area contributed by atoms with Crippen LogP contribution in [0.15, 0.2) is 12.2 Å². The van der Waals surface area contributed by atoms with Crippen LogP contribution in [0.4, 0.5) is 0 Å². The molecule has 1 nitrogen and oxygen atoms in total. The molecule has 2 aliphatic heterocycles. The van der Waals surface area contributed by atoms with Gasteiger partial charge in [0.25, 0.3) is 0 Å². The summed E-state index contributed by atoms with van der Waals surface area (Å²) in [7, 11) is 2.34. The third kappa shape index (κ3) is 2.49. The molecule has 1 aliphatic carbocycles. The number of rotatable bonds is 2. The van der Waals surface area contributed by atoms with Crippen LogP contribution < -0.4 is 0 Å². The molecule has 3 aliphatic rings. The lowest BCUT2D eigenvalue weighted by molar-refractivity contribution is 0.0443. The molecule has 3 rings (SSSR count). The molecule has 2 heterocycles. The minimum Gasteiger partial charge on any atom is -0.300 e. The Morgan fingerprint density at radius 2 is 1.79 bits per heavy atom. The third-order valence-electron chi connectivity index (χ3n) is 6.19. The summed E-state index contributed by atoms with van der Waals surface area (Å²) in [5.41, 5.74) is 1.43. The van der Waals surface area contributed by atoms with E-state index in [9.17, 15) is 0 Å². The van der Waals surface area contributed by atoms with Crippen molar-refractivity contribution in [1.29, 1.82) is 0 Å². The van der Waals surface area contributed by atoms with Gasteiger partial charge in [0.2, 0.25) is 0 Å². The number of halogens is 1. The monoisotopic (exact) mass is 281 g/mol. The standard InChI is InChI=1S/C17H28ClN/c1-11(2)17-15(12-4-6-13(18)7-5-12)10-14-8-9-16(17)19(14)3/h12-17H,1,4-10H2,2-3H3. The minimum atomic E-state index is 0.447. The van der Waals surface area contributed by atoms with Gasteiger partial charge in [0.15, 0.2) is 0 Å². The second-order valence-corrected chi connectivity index (χ2v) is 7.86. The van der Waals surface area contributed by atoms with Crippen LogP contribution in [0, 0.1) is 17.8 Å². The molecule has 0 spiro atoms. The van der Waals surface area contributed by atoms with Crippen LogP contribution in [0.25, 0.3) is 0 Å². The number of piperidine rings is 1. The van der Waals surface area contributed by atoms with Crippen molar-refractivity contribution in [2.75, 3.05) is 7.05 Å². The second kappa shape index (κ2) is 5.41. The van der Waals surface area contributed by atoms with Crippen molar-refractivity contribution >= 4 is 11.6 Å². The smallest absolute Gasteiger partial charge is 0.0336 e. The SMILES string of the molecule is C=C(C)C1C(C2CCC(Cl)CC2)CC2CCC1N2C. The van der Waals surface area contributed by atoms with Gasteiger partial charge in [0, 0.05) is 17.5 Å². The van der Waals surface area contributed by atoms with Crippen molar-refractivity contribution < 1.29 is 0 Å². The van der Waals surface area contributed by atoms with Crippen LogP contribution in [0.1, 0.15) is 51.9 Å². The molecule has 0 aromatic rings. The normalized spacial score (nSPS) is 47.3. The van der Waals surface area contributed by atoms with E-state index >= 15 is 0 Å². The predicted octanol–water partition coefficient (Wildman–Crippen LogP) is 4.46. The fourth-order valence-corrected chi connectivity index (χ4v) is 5.44. The highest BCUT2D eigenvalue weighted by Gasteiger charge is 2.48. The van der Waals surface area contributed by atoms with Crippen molar-refractivity contribution in [3.05, 3.63) is 12.2 Å². The Labute approximate surface area is 123 Å². The largest absolute Gasteiger partial charge is 0.300 e. The first-order valence-electron chi connectivity index (χ1n) is 8.09. The molecule has 3 fully saturated rings. The van der Waals surface area contributed by atoms with Crippen LogP contribution in [0.3, 0.4) is 0 Å². The zero-order valence-electron chi connectivity index (χ0n) is 12.4. The summed E-state index contributed by atoms with van der Waals surface area (Å²) in [6.07, 6.45) is 9.37. The molecule has 1 saturated carbocycles. The summed E-state index contributed by atoms with van der Waals surface area (Å²) in [6, 6.07) is 1.62. The van der Waals surface area contributed by atoms with Crippen molar-refractivity contribution in [1.82, 2.24) is 4.90 Å². The maximum absolute atomic E-state index is 6.29. The van der Waals surface area contributed by atoms with Crippen molar-refractivity contribution in [2.24, 2.45) is 17.8 Å². The molecule has 0 amide bonds. The predicted molar refractivity (Wildman–Crippen MR) is 82.6 cm³/mol. The van der Waals surface area contributed by atoms with Crippen molar-refractivity contribution in [2.45, 2.75) is 69.3 Å². The minimum absolute atomic E-state index is 0.447. The summed E-state index contributed by atoms with van der Waals surface area (Å²) in [6.45, 7) is 6.60. The molecule has 0 N–H and O–H groups in total. The number of hydrogen-bond acceptors (Lipinski definition) is 1. The quantitative estimate of drug-likeness (QED) is 0.534. The summed E-state index contributed by atoms with van der Waals surface area (Å²) < 4.78 is 0. The first-order valence-corrected chi connectivity index (χ1v) is 8.53. The Kier molecular flexibility index (Phi) is 3.97. The van der Waals surface area contributed by atoms with Gasteiger partial charge in [0.1, 0.15) is 0 Å². The molecular formula is C17H28ClN. The fraction of sp³-hybridized carbons (Fsp3) is 0.882. The van der Waals surface area contributed by atoms with Gasteiger partial charge >= 0.3 is 0 Å². The first-order chi connectivity index (χ1) is 9.08. The Morgan fingerprint density at radius 3 is 2.42 bits per heavy atom. The van der Waals surface area contributed by atoms with E-state index < -0.39 is 0 Å². The van der Waals surface area contributed by atoms with Crippen LogP contribution >= 0.6 is 11.6 Å². The molecule has 0 aromatic carbocycles.